The fourth-order valence-electron chi connectivity index (χ4n) is 4.54. The molecule has 1 atom stereocenters. The second-order valence-electron chi connectivity index (χ2n) is 8.86. The van der Waals surface area contributed by atoms with Crippen LogP contribution in [0.4, 0.5) is 11.4 Å². The predicted molar refractivity (Wildman–Crippen MR) is 138 cm³/mol. The minimum absolute atomic E-state index is 0.0258. The van der Waals surface area contributed by atoms with Gasteiger partial charge >= 0.3 is 0 Å². The van der Waals surface area contributed by atoms with E-state index >= 15 is 0 Å². The van der Waals surface area contributed by atoms with Gasteiger partial charge in [0.05, 0.1) is 21.5 Å². The minimum Gasteiger partial charge on any atom is -0.348 e. The van der Waals surface area contributed by atoms with E-state index in [9.17, 15) is 23.3 Å². The first kappa shape index (κ1) is 25.4. The number of aryl methyl sites for hydroxylation is 2. The number of carbonyl (C=O) groups excluding carboxylic acids is 1. The van der Waals surface area contributed by atoms with Crippen molar-refractivity contribution in [1.29, 1.82) is 0 Å². The van der Waals surface area contributed by atoms with Gasteiger partial charge in [0, 0.05) is 12.1 Å². The smallest absolute Gasteiger partial charge is 0.269 e. The van der Waals surface area contributed by atoms with E-state index in [1.165, 1.54) is 53.9 Å². The minimum atomic E-state index is -4.10. The second kappa shape index (κ2) is 10.9. The molecule has 9 heteroatoms. The lowest BCUT2D eigenvalue weighted by molar-refractivity contribution is -0.384. The molecule has 8 nitrogen and oxygen atoms in total. The van der Waals surface area contributed by atoms with Crippen LogP contribution in [0.15, 0.2) is 77.7 Å². The van der Waals surface area contributed by atoms with Gasteiger partial charge in [0.15, 0.2) is 0 Å². The van der Waals surface area contributed by atoms with Gasteiger partial charge in [-0.05, 0) is 73.1 Å². The quantitative estimate of drug-likeness (QED) is 0.326. The van der Waals surface area contributed by atoms with E-state index < -0.39 is 27.4 Å². The predicted octanol–water partition coefficient (Wildman–Crippen LogP) is 4.94. The van der Waals surface area contributed by atoms with Gasteiger partial charge in [-0.3, -0.25) is 19.2 Å². The van der Waals surface area contributed by atoms with Gasteiger partial charge in [0.25, 0.3) is 15.7 Å². The van der Waals surface area contributed by atoms with E-state index in [2.05, 4.69) is 17.4 Å². The van der Waals surface area contributed by atoms with Crippen LogP contribution in [0.5, 0.6) is 0 Å². The average molecular weight is 508 g/mol. The van der Waals surface area contributed by atoms with Crippen molar-refractivity contribution < 1.29 is 18.1 Å². The molecule has 0 bridgehead atoms. The number of benzene rings is 3. The molecule has 3 aromatic rings. The summed E-state index contributed by atoms with van der Waals surface area (Å²) in [6.45, 7) is 1.51. The Hall–Kier alpha value is -3.72. The Morgan fingerprint density at radius 1 is 1.00 bits per heavy atom. The molecule has 36 heavy (non-hydrogen) atoms. The number of nitrogens with zero attached hydrogens (tertiary/aromatic N) is 2. The normalized spacial score (nSPS) is 13.9. The van der Waals surface area contributed by atoms with Crippen LogP contribution in [-0.2, 0) is 27.7 Å². The maximum atomic E-state index is 13.5. The molecule has 1 aliphatic carbocycles. The zero-order valence-electron chi connectivity index (χ0n) is 20.1. The van der Waals surface area contributed by atoms with Crippen LogP contribution in [0.1, 0.15) is 48.9 Å². The Kier molecular flexibility index (Phi) is 7.69. The molecule has 0 radical (unpaired) electrons. The molecule has 0 fully saturated rings. The number of hydrogen-bond donors (Lipinski definition) is 1. The summed E-state index contributed by atoms with van der Waals surface area (Å²) in [5.41, 5.74) is 3.66. The first-order valence-corrected chi connectivity index (χ1v) is 13.5. The fourth-order valence-corrected chi connectivity index (χ4v) is 5.98. The number of nitro groups is 1. The van der Waals surface area contributed by atoms with Crippen molar-refractivity contribution in [2.75, 3.05) is 10.8 Å². The first-order chi connectivity index (χ1) is 17.3. The molecule has 1 aliphatic rings. The SMILES string of the molecule is CC[C@H](NC(=O)CN(c1ccc([N+](=O)[O-])cc1)S(=O)(=O)c1ccccc1)c1ccc2c(c1)CCCC2. The van der Waals surface area contributed by atoms with Gasteiger partial charge in [-0.15, -0.1) is 0 Å². The number of nitro benzene ring substituents is 1. The van der Waals surface area contributed by atoms with Crippen molar-refractivity contribution in [3.05, 3.63) is 99.6 Å². The summed E-state index contributed by atoms with van der Waals surface area (Å²) in [5, 5.41) is 14.1. The molecule has 188 valence electrons. The summed E-state index contributed by atoms with van der Waals surface area (Å²) in [4.78, 5) is 23.7. The highest BCUT2D eigenvalue weighted by atomic mass is 32.2. The number of anilines is 1. The van der Waals surface area contributed by atoms with E-state index in [0.717, 1.165) is 29.1 Å². The van der Waals surface area contributed by atoms with Crippen molar-refractivity contribution in [2.45, 2.75) is 50.0 Å². The lowest BCUT2D eigenvalue weighted by atomic mass is 9.89. The third-order valence-electron chi connectivity index (χ3n) is 6.49. The molecule has 0 saturated heterocycles. The maximum absolute atomic E-state index is 13.5. The van der Waals surface area contributed by atoms with Crippen molar-refractivity contribution in [2.24, 2.45) is 0 Å². The van der Waals surface area contributed by atoms with Gasteiger partial charge in [0.2, 0.25) is 5.91 Å². The Morgan fingerprint density at radius 3 is 2.31 bits per heavy atom. The van der Waals surface area contributed by atoms with E-state index in [0.29, 0.717) is 6.42 Å². The zero-order valence-corrected chi connectivity index (χ0v) is 20.9. The number of nitrogens with one attached hydrogen (secondary N) is 1. The van der Waals surface area contributed by atoms with E-state index in [1.807, 2.05) is 13.0 Å². The van der Waals surface area contributed by atoms with Crippen LogP contribution in [0.25, 0.3) is 0 Å². The van der Waals surface area contributed by atoms with E-state index in [4.69, 9.17) is 0 Å². The maximum Gasteiger partial charge on any atom is 0.269 e. The molecule has 4 rings (SSSR count). The number of fused-ring (bicyclic) bond motifs is 1. The number of amides is 1. The molecule has 0 heterocycles. The van der Waals surface area contributed by atoms with Gasteiger partial charge in [-0.25, -0.2) is 8.42 Å². The zero-order chi connectivity index (χ0) is 25.7. The topological polar surface area (TPSA) is 110 Å². The van der Waals surface area contributed by atoms with Crippen molar-refractivity contribution in [3.63, 3.8) is 0 Å². The third-order valence-corrected chi connectivity index (χ3v) is 8.27. The molecule has 1 N–H and O–H groups in total. The summed E-state index contributed by atoms with van der Waals surface area (Å²) in [6.07, 6.45) is 5.08. The van der Waals surface area contributed by atoms with Crippen LogP contribution in [-0.4, -0.2) is 25.8 Å². The number of hydrogen-bond acceptors (Lipinski definition) is 5. The average Bonchev–Trinajstić information content (AvgIpc) is 2.90. The van der Waals surface area contributed by atoms with Crippen LogP contribution >= 0.6 is 0 Å². The Bertz CT molecular complexity index is 1340. The molecule has 0 unspecified atom stereocenters. The van der Waals surface area contributed by atoms with Crippen molar-refractivity contribution >= 4 is 27.3 Å². The highest BCUT2D eigenvalue weighted by Crippen LogP contribution is 2.28. The molecule has 0 saturated carbocycles. The molecular weight excluding hydrogens is 478 g/mol. The van der Waals surface area contributed by atoms with E-state index in [-0.39, 0.29) is 22.3 Å². The van der Waals surface area contributed by atoms with E-state index in [1.54, 1.807) is 18.2 Å². The van der Waals surface area contributed by atoms with Crippen LogP contribution in [0.2, 0.25) is 0 Å². The van der Waals surface area contributed by atoms with Crippen LogP contribution in [0.3, 0.4) is 0 Å². The number of non-ortho nitro benzene ring substituents is 1. The highest BCUT2D eigenvalue weighted by molar-refractivity contribution is 7.92. The Labute approximate surface area is 211 Å². The largest absolute Gasteiger partial charge is 0.348 e. The standard InChI is InChI=1S/C27H29N3O5S/c1-2-26(22-13-12-20-8-6-7-9-21(20)18-22)28-27(31)19-29(23-14-16-24(17-15-23)30(32)33)36(34,35)25-10-4-3-5-11-25/h3-5,10-18,26H,2,6-9,19H2,1H3,(H,28,31)/t26-/m0/s1. The lowest BCUT2D eigenvalue weighted by Crippen LogP contribution is -2.42. The molecule has 0 aromatic heterocycles. The molecular formula is C27H29N3O5S. The summed E-state index contributed by atoms with van der Waals surface area (Å²) in [7, 11) is -4.10. The highest BCUT2D eigenvalue weighted by Gasteiger charge is 2.28. The fraction of sp³-hybridized carbons (Fsp3) is 0.296. The van der Waals surface area contributed by atoms with Gasteiger partial charge in [0.1, 0.15) is 6.54 Å². The number of sulfonamides is 1. The Morgan fingerprint density at radius 2 is 1.67 bits per heavy atom. The molecule has 0 aliphatic heterocycles. The number of rotatable bonds is 9. The summed E-state index contributed by atoms with van der Waals surface area (Å²) in [6, 6.07) is 19.0. The first-order valence-electron chi connectivity index (χ1n) is 12.0. The van der Waals surface area contributed by atoms with Gasteiger partial charge in [-0.1, -0.05) is 43.3 Å². The monoisotopic (exact) mass is 507 g/mol. The molecule has 1 amide bonds. The summed E-state index contributed by atoms with van der Waals surface area (Å²) >= 11 is 0. The second-order valence-corrected chi connectivity index (χ2v) is 10.7. The Balaban J connectivity index is 1.60. The van der Waals surface area contributed by atoms with Crippen LogP contribution < -0.4 is 9.62 Å². The van der Waals surface area contributed by atoms with Gasteiger partial charge in [-0.2, -0.15) is 0 Å². The van der Waals surface area contributed by atoms with Gasteiger partial charge < -0.3 is 5.32 Å². The molecule has 3 aromatic carbocycles. The van der Waals surface area contributed by atoms with Crippen molar-refractivity contribution in [3.8, 4) is 0 Å². The summed E-state index contributed by atoms with van der Waals surface area (Å²) < 4.78 is 28.0. The summed E-state index contributed by atoms with van der Waals surface area (Å²) in [5.74, 6) is -0.461. The third kappa shape index (κ3) is 5.57. The van der Waals surface area contributed by atoms with Crippen LogP contribution in [0, 0.1) is 10.1 Å². The van der Waals surface area contributed by atoms with Crippen molar-refractivity contribution in [1.82, 2.24) is 5.32 Å². The molecule has 0 spiro atoms. The number of carbonyl (C=O) groups is 1. The lowest BCUT2D eigenvalue weighted by Gasteiger charge is -2.26.